The minimum Gasteiger partial charge on any atom is -1.00 e. The van der Waals surface area contributed by atoms with Gasteiger partial charge in [-0.05, 0) is 6.92 Å². The molecule has 1 aromatic heterocycles. The highest BCUT2D eigenvalue weighted by molar-refractivity contribution is 4.79. The molecule has 0 amide bonds. The Kier molecular flexibility index (Phi) is 5.76. The molecule has 1 aromatic rings. The average Bonchev–Trinajstić information content (AvgIpc) is 2.56. The Morgan fingerprint density at radius 1 is 1.61 bits per heavy atom. The van der Waals surface area contributed by atoms with Gasteiger partial charge in [0.05, 0.1) is 7.05 Å². The molecule has 0 bridgehead atoms. The lowest BCUT2D eigenvalue weighted by Crippen LogP contribution is -3.00. The summed E-state index contributed by atoms with van der Waals surface area (Å²) < 4.78 is 9.43. The Balaban J connectivity index is 0.00000289. The first-order valence-electron chi connectivity index (χ1n) is 5.54. The summed E-state index contributed by atoms with van der Waals surface area (Å²) in [6.07, 6.45) is 3.35. The number of rotatable bonds is 5. The fourth-order valence-electron chi connectivity index (χ4n) is 1.28. The molecule has 1 atom stereocenters. The van der Waals surface area contributed by atoms with Crippen LogP contribution in [0.3, 0.4) is 0 Å². The SMILES string of the molecule is Cc1n(COC(C)C(C)(C)[N+](=O)[O-])cc[n+]1C.[Cl-]. The quantitative estimate of drug-likeness (QED) is 0.357. The Bertz CT molecular complexity index is 418. The van der Waals surface area contributed by atoms with Gasteiger partial charge < -0.3 is 17.1 Å². The highest BCUT2D eigenvalue weighted by Gasteiger charge is 2.39. The number of hydrogen-bond acceptors (Lipinski definition) is 3. The van der Waals surface area contributed by atoms with E-state index < -0.39 is 11.6 Å². The van der Waals surface area contributed by atoms with E-state index in [1.54, 1.807) is 20.8 Å². The summed E-state index contributed by atoms with van der Waals surface area (Å²) in [6.45, 7) is 7.15. The van der Waals surface area contributed by atoms with Gasteiger partial charge in [0, 0.05) is 25.7 Å². The van der Waals surface area contributed by atoms with Gasteiger partial charge in [0.1, 0.15) is 18.5 Å². The van der Waals surface area contributed by atoms with E-state index >= 15 is 0 Å². The maximum atomic E-state index is 10.9. The topological polar surface area (TPSA) is 61.2 Å². The van der Waals surface area contributed by atoms with Crippen LogP contribution in [0.25, 0.3) is 0 Å². The van der Waals surface area contributed by atoms with E-state index in [-0.39, 0.29) is 17.3 Å². The summed E-state index contributed by atoms with van der Waals surface area (Å²) in [5, 5.41) is 10.9. The fourth-order valence-corrected chi connectivity index (χ4v) is 1.28. The van der Waals surface area contributed by atoms with Gasteiger partial charge in [-0.15, -0.1) is 0 Å². The van der Waals surface area contributed by atoms with Crippen LogP contribution in [-0.4, -0.2) is 21.1 Å². The number of nitro groups is 1. The summed E-state index contributed by atoms with van der Waals surface area (Å²) in [6, 6.07) is 0. The maximum absolute atomic E-state index is 10.9. The normalized spacial score (nSPS) is 12.9. The van der Waals surface area contributed by atoms with Gasteiger partial charge in [0.25, 0.3) is 5.82 Å². The summed E-state index contributed by atoms with van der Waals surface area (Å²) in [7, 11) is 1.94. The first kappa shape index (κ1) is 16.9. The van der Waals surface area contributed by atoms with Gasteiger partial charge in [0.15, 0.2) is 6.73 Å². The Morgan fingerprint density at radius 3 is 2.56 bits per heavy atom. The van der Waals surface area contributed by atoms with Crippen molar-refractivity contribution in [3.63, 3.8) is 0 Å². The average molecular weight is 278 g/mol. The second-order valence-corrected chi connectivity index (χ2v) is 4.77. The number of ether oxygens (including phenoxy) is 1. The van der Waals surface area contributed by atoms with E-state index in [1.165, 1.54) is 0 Å². The molecule has 7 heteroatoms. The Morgan fingerprint density at radius 2 is 2.17 bits per heavy atom. The number of halogens is 1. The fraction of sp³-hybridized carbons (Fsp3) is 0.727. The van der Waals surface area contributed by atoms with Gasteiger partial charge in [0.2, 0.25) is 5.54 Å². The second-order valence-electron chi connectivity index (χ2n) is 4.77. The van der Waals surface area contributed by atoms with E-state index in [0.29, 0.717) is 6.73 Å². The zero-order valence-electron chi connectivity index (χ0n) is 11.4. The monoisotopic (exact) mass is 277 g/mol. The molecule has 0 fully saturated rings. The Labute approximate surface area is 113 Å². The molecule has 0 N–H and O–H groups in total. The van der Waals surface area contributed by atoms with E-state index in [1.807, 2.05) is 35.5 Å². The minimum absolute atomic E-state index is 0. The predicted molar refractivity (Wildman–Crippen MR) is 62.0 cm³/mol. The largest absolute Gasteiger partial charge is 1.00 e. The van der Waals surface area contributed by atoms with Crippen molar-refractivity contribution in [1.82, 2.24) is 4.57 Å². The highest BCUT2D eigenvalue weighted by Crippen LogP contribution is 2.17. The van der Waals surface area contributed by atoms with Crippen LogP contribution in [0.2, 0.25) is 0 Å². The lowest BCUT2D eigenvalue weighted by atomic mass is 10.0. The van der Waals surface area contributed by atoms with Crippen LogP contribution in [0.15, 0.2) is 12.4 Å². The molecule has 104 valence electrons. The van der Waals surface area contributed by atoms with Crippen LogP contribution in [-0.2, 0) is 18.5 Å². The molecule has 6 nitrogen and oxygen atoms in total. The second kappa shape index (κ2) is 6.15. The molecule has 0 saturated heterocycles. The molecule has 1 rings (SSSR count). The van der Waals surface area contributed by atoms with Gasteiger partial charge in [-0.1, -0.05) is 0 Å². The van der Waals surface area contributed by atoms with Crippen molar-refractivity contribution in [2.24, 2.45) is 7.05 Å². The van der Waals surface area contributed by atoms with Crippen LogP contribution in [0.5, 0.6) is 0 Å². The maximum Gasteiger partial charge on any atom is 0.254 e. The molecule has 0 aliphatic rings. The van der Waals surface area contributed by atoms with Gasteiger partial charge in [-0.3, -0.25) is 10.1 Å². The zero-order valence-corrected chi connectivity index (χ0v) is 12.1. The smallest absolute Gasteiger partial charge is 0.254 e. The lowest BCUT2D eigenvalue weighted by molar-refractivity contribution is -0.677. The number of aromatic nitrogens is 2. The van der Waals surface area contributed by atoms with Crippen molar-refractivity contribution in [3.05, 3.63) is 28.3 Å². The number of hydrogen-bond donors (Lipinski definition) is 0. The van der Waals surface area contributed by atoms with Crippen molar-refractivity contribution >= 4 is 0 Å². The van der Waals surface area contributed by atoms with Crippen molar-refractivity contribution in [3.8, 4) is 0 Å². The molecule has 0 aliphatic carbocycles. The summed E-state index contributed by atoms with van der Waals surface area (Å²) in [4.78, 5) is 10.6. The molecule has 18 heavy (non-hydrogen) atoms. The third-order valence-corrected chi connectivity index (χ3v) is 3.33. The summed E-state index contributed by atoms with van der Waals surface area (Å²) in [5.74, 6) is 1.04. The van der Waals surface area contributed by atoms with Crippen molar-refractivity contribution in [2.75, 3.05) is 0 Å². The molecule has 0 radical (unpaired) electrons. The van der Waals surface area contributed by atoms with E-state index in [4.69, 9.17) is 4.74 Å². The molecule has 0 spiro atoms. The number of aryl methyl sites for hydroxylation is 1. The first-order valence-corrected chi connectivity index (χ1v) is 5.54. The van der Waals surface area contributed by atoms with Crippen molar-refractivity contribution < 1.29 is 26.6 Å². The van der Waals surface area contributed by atoms with Crippen LogP contribution in [0, 0.1) is 17.0 Å². The van der Waals surface area contributed by atoms with Crippen LogP contribution in [0.1, 0.15) is 26.6 Å². The van der Waals surface area contributed by atoms with Crippen LogP contribution >= 0.6 is 0 Å². The van der Waals surface area contributed by atoms with E-state index in [0.717, 1.165) is 5.82 Å². The third kappa shape index (κ3) is 3.43. The van der Waals surface area contributed by atoms with Gasteiger partial charge >= 0.3 is 0 Å². The highest BCUT2D eigenvalue weighted by atomic mass is 35.5. The van der Waals surface area contributed by atoms with E-state index in [2.05, 4.69) is 0 Å². The van der Waals surface area contributed by atoms with Gasteiger partial charge in [-0.2, -0.15) is 0 Å². The molecule has 0 saturated carbocycles. The molecule has 0 aromatic carbocycles. The molecular formula is C11H20ClN3O3. The van der Waals surface area contributed by atoms with Crippen LogP contribution in [0.4, 0.5) is 0 Å². The molecule has 1 unspecified atom stereocenters. The third-order valence-electron chi connectivity index (χ3n) is 3.33. The first-order chi connectivity index (χ1) is 7.76. The van der Waals surface area contributed by atoms with E-state index in [9.17, 15) is 10.1 Å². The van der Waals surface area contributed by atoms with Gasteiger partial charge in [-0.25, -0.2) is 9.13 Å². The minimum atomic E-state index is -1.08. The van der Waals surface area contributed by atoms with Crippen molar-refractivity contribution in [2.45, 2.75) is 46.1 Å². The predicted octanol–water partition coefficient (Wildman–Crippen LogP) is -1.96. The zero-order chi connectivity index (χ0) is 13.2. The standard InChI is InChI=1S/C11H20N3O3.ClH/c1-9(11(3,4)14(15)16)17-8-13-7-6-12(5)10(13)2;/h6-7,9H,8H2,1-5H3;1H/q+1;/p-1. The van der Waals surface area contributed by atoms with Crippen LogP contribution < -0.4 is 17.0 Å². The molecular weight excluding hydrogens is 258 g/mol. The number of imidazole rings is 1. The summed E-state index contributed by atoms with van der Waals surface area (Å²) in [5.41, 5.74) is -1.08. The molecule has 1 heterocycles. The van der Waals surface area contributed by atoms with Crippen molar-refractivity contribution in [1.29, 1.82) is 0 Å². The number of nitrogens with zero attached hydrogens (tertiary/aromatic N) is 3. The lowest BCUT2D eigenvalue weighted by Gasteiger charge is -2.22. The Hall–Kier alpha value is -1.14. The molecule has 0 aliphatic heterocycles. The summed E-state index contributed by atoms with van der Waals surface area (Å²) >= 11 is 0.